The minimum absolute atomic E-state index is 0.0600. The van der Waals surface area contributed by atoms with Crippen molar-refractivity contribution in [2.75, 3.05) is 12.4 Å². The highest BCUT2D eigenvalue weighted by Gasteiger charge is 2.12. The Hall–Kier alpha value is -4.06. The van der Waals surface area contributed by atoms with Gasteiger partial charge in [0.1, 0.15) is 23.3 Å². The van der Waals surface area contributed by atoms with Crippen LogP contribution in [0.1, 0.15) is 15.9 Å². The van der Waals surface area contributed by atoms with Gasteiger partial charge in [-0.15, -0.1) is 0 Å². The van der Waals surface area contributed by atoms with Gasteiger partial charge in [-0.3, -0.25) is 9.59 Å². The van der Waals surface area contributed by atoms with Gasteiger partial charge in [-0.05, 0) is 55.0 Å². The fraction of sp³-hybridized carbons (Fsp3) is 0.0833. The van der Waals surface area contributed by atoms with Crippen molar-refractivity contribution < 1.29 is 18.7 Å². The molecule has 0 aliphatic carbocycles. The molecule has 1 aromatic heterocycles. The van der Waals surface area contributed by atoms with Crippen LogP contribution in [0.2, 0.25) is 0 Å². The van der Waals surface area contributed by atoms with Gasteiger partial charge in [0, 0.05) is 17.3 Å². The van der Waals surface area contributed by atoms with Crippen LogP contribution in [-0.4, -0.2) is 13.0 Å². The molecule has 0 unspecified atom stereocenters. The fourth-order valence-corrected chi connectivity index (χ4v) is 3.00. The van der Waals surface area contributed by atoms with Crippen molar-refractivity contribution in [2.45, 2.75) is 6.92 Å². The zero-order valence-corrected chi connectivity index (χ0v) is 16.5. The van der Waals surface area contributed by atoms with Gasteiger partial charge >= 0.3 is 0 Å². The van der Waals surface area contributed by atoms with E-state index < -0.39 is 0 Å². The Balaban J connectivity index is 1.52. The van der Waals surface area contributed by atoms with Gasteiger partial charge in [0.15, 0.2) is 0 Å². The molecule has 150 valence electrons. The molecular formula is C24H19NO5. The number of fused-ring (bicyclic) bond motifs is 1. The fourth-order valence-electron chi connectivity index (χ4n) is 3.00. The lowest BCUT2D eigenvalue weighted by molar-refractivity contribution is 0.102. The number of ether oxygens (including phenoxy) is 2. The molecule has 30 heavy (non-hydrogen) atoms. The maximum Gasteiger partial charge on any atom is 0.255 e. The van der Waals surface area contributed by atoms with Crippen molar-refractivity contribution in [3.05, 3.63) is 94.3 Å². The smallest absolute Gasteiger partial charge is 0.255 e. The van der Waals surface area contributed by atoms with Gasteiger partial charge in [0.25, 0.3) is 5.91 Å². The molecule has 6 nitrogen and oxygen atoms in total. The van der Waals surface area contributed by atoms with E-state index in [9.17, 15) is 9.59 Å². The van der Waals surface area contributed by atoms with Crippen LogP contribution >= 0.6 is 0 Å². The summed E-state index contributed by atoms with van der Waals surface area (Å²) in [5.74, 6) is 0.848. The summed E-state index contributed by atoms with van der Waals surface area (Å²) in [6.45, 7) is 1.93. The van der Waals surface area contributed by atoms with E-state index in [2.05, 4.69) is 5.32 Å². The number of benzene rings is 3. The molecule has 0 bridgehead atoms. The van der Waals surface area contributed by atoms with Crippen molar-refractivity contribution in [2.24, 2.45) is 0 Å². The Morgan fingerprint density at radius 3 is 2.43 bits per heavy atom. The van der Waals surface area contributed by atoms with Crippen LogP contribution in [0, 0.1) is 6.92 Å². The highest BCUT2D eigenvalue weighted by atomic mass is 16.5. The summed E-state index contributed by atoms with van der Waals surface area (Å²) in [6.07, 6.45) is 1.27. The van der Waals surface area contributed by atoms with E-state index in [4.69, 9.17) is 13.9 Å². The maximum atomic E-state index is 12.7. The van der Waals surface area contributed by atoms with Gasteiger partial charge < -0.3 is 19.2 Å². The number of hydrogen-bond acceptors (Lipinski definition) is 5. The molecule has 6 heteroatoms. The molecule has 0 saturated heterocycles. The van der Waals surface area contributed by atoms with Gasteiger partial charge in [-0.25, -0.2) is 0 Å². The van der Waals surface area contributed by atoms with E-state index >= 15 is 0 Å². The Bertz CT molecular complexity index is 1280. The molecule has 4 aromatic rings. The molecule has 1 amide bonds. The highest BCUT2D eigenvalue weighted by Crippen LogP contribution is 2.24. The molecule has 3 aromatic carbocycles. The Morgan fingerprint density at radius 1 is 0.967 bits per heavy atom. The molecule has 0 saturated carbocycles. The van der Waals surface area contributed by atoms with E-state index in [0.717, 1.165) is 11.3 Å². The van der Waals surface area contributed by atoms with Crippen LogP contribution in [-0.2, 0) is 0 Å². The minimum atomic E-state index is -0.291. The van der Waals surface area contributed by atoms with Crippen LogP contribution in [0.5, 0.6) is 17.2 Å². The monoisotopic (exact) mass is 401 g/mol. The van der Waals surface area contributed by atoms with Crippen LogP contribution in [0.25, 0.3) is 11.0 Å². The predicted octanol–water partition coefficient (Wildman–Crippen LogP) is 5.15. The van der Waals surface area contributed by atoms with Crippen molar-refractivity contribution in [1.29, 1.82) is 0 Å². The van der Waals surface area contributed by atoms with Gasteiger partial charge in [0.05, 0.1) is 12.5 Å². The molecule has 0 aliphatic heterocycles. The van der Waals surface area contributed by atoms with Gasteiger partial charge in [-0.1, -0.05) is 18.2 Å². The van der Waals surface area contributed by atoms with Gasteiger partial charge in [0.2, 0.25) is 11.2 Å². The number of para-hydroxylation sites is 1. The van der Waals surface area contributed by atoms with E-state index in [1.807, 2.05) is 31.2 Å². The lowest BCUT2D eigenvalue weighted by atomic mass is 10.1. The lowest BCUT2D eigenvalue weighted by Gasteiger charge is -2.09. The van der Waals surface area contributed by atoms with E-state index in [1.54, 1.807) is 49.6 Å². The normalized spacial score (nSPS) is 10.6. The van der Waals surface area contributed by atoms with E-state index in [0.29, 0.717) is 28.0 Å². The first-order valence-electron chi connectivity index (χ1n) is 9.29. The number of anilines is 1. The number of rotatable bonds is 5. The number of nitrogens with one attached hydrogen (secondary N) is 1. The number of methoxy groups -OCH3 is 1. The largest absolute Gasteiger partial charge is 0.497 e. The standard InChI is InChI=1S/C24H19NO5/c1-15-5-3-4-6-20(15)25-24(27)16-7-9-17(10-8-16)30-22-14-29-21-13-18(28-2)11-12-19(21)23(22)26/h3-14H,1-2H3,(H,25,27). The predicted molar refractivity (Wildman–Crippen MR) is 115 cm³/mol. The molecule has 0 aliphatic rings. The second-order valence-corrected chi connectivity index (χ2v) is 6.69. The zero-order chi connectivity index (χ0) is 21.1. The van der Waals surface area contributed by atoms with Crippen LogP contribution < -0.4 is 20.2 Å². The summed E-state index contributed by atoms with van der Waals surface area (Å²) in [5, 5.41) is 3.27. The van der Waals surface area contributed by atoms with E-state index in [1.165, 1.54) is 6.26 Å². The number of carbonyl (C=O) groups excluding carboxylic acids is 1. The first-order valence-corrected chi connectivity index (χ1v) is 9.29. The molecule has 1 heterocycles. The van der Waals surface area contributed by atoms with Crippen molar-refractivity contribution in [3.63, 3.8) is 0 Å². The third kappa shape index (κ3) is 3.89. The summed E-state index contributed by atoms with van der Waals surface area (Å²) in [6, 6.07) is 19.0. The zero-order valence-electron chi connectivity index (χ0n) is 16.5. The Morgan fingerprint density at radius 2 is 1.70 bits per heavy atom. The Kier molecular flexibility index (Phi) is 5.22. The number of hydrogen-bond donors (Lipinski definition) is 1. The van der Waals surface area contributed by atoms with Gasteiger partial charge in [-0.2, -0.15) is 0 Å². The van der Waals surface area contributed by atoms with E-state index in [-0.39, 0.29) is 17.1 Å². The summed E-state index contributed by atoms with van der Waals surface area (Å²) in [5.41, 5.74) is 2.33. The highest BCUT2D eigenvalue weighted by molar-refractivity contribution is 6.04. The number of amides is 1. The third-order valence-electron chi connectivity index (χ3n) is 4.69. The minimum Gasteiger partial charge on any atom is -0.497 e. The second kappa shape index (κ2) is 8.13. The average molecular weight is 401 g/mol. The van der Waals surface area contributed by atoms with Crippen LogP contribution in [0.15, 0.2) is 82.2 Å². The molecule has 0 fully saturated rings. The van der Waals surface area contributed by atoms with Crippen LogP contribution in [0.4, 0.5) is 5.69 Å². The summed E-state index contributed by atoms with van der Waals surface area (Å²) in [4.78, 5) is 25.1. The first kappa shape index (κ1) is 19.3. The van der Waals surface area contributed by atoms with Crippen molar-refractivity contribution in [1.82, 2.24) is 0 Å². The summed E-state index contributed by atoms with van der Waals surface area (Å²) < 4.78 is 16.3. The molecule has 0 atom stereocenters. The van der Waals surface area contributed by atoms with Crippen molar-refractivity contribution in [3.8, 4) is 17.2 Å². The Labute approximate surface area is 172 Å². The second-order valence-electron chi connectivity index (χ2n) is 6.69. The molecular weight excluding hydrogens is 382 g/mol. The summed E-state index contributed by atoms with van der Waals surface area (Å²) >= 11 is 0. The lowest BCUT2D eigenvalue weighted by Crippen LogP contribution is -2.12. The summed E-state index contributed by atoms with van der Waals surface area (Å²) in [7, 11) is 1.54. The third-order valence-corrected chi connectivity index (χ3v) is 4.69. The molecule has 4 rings (SSSR count). The molecule has 0 spiro atoms. The molecule has 1 N–H and O–H groups in total. The number of carbonyl (C=O) groups is 1. The van der Waals surface area contributed by atoms with Crippen LogP contribution in [0.3, 0.4) is 0 Å². The average Bonchev–Trinajstić information content (AvgIpc) is 2.77. The maximum absolute atomic E-state index is 12.7. The topological polar surface area (TPSA) is 77.8 Å². The first-order chi connectivity index (χ1) is 14.5. The number of aryl methyl sites for hydroxylation is 1. The quantitative estimate of drug-likeness (QED) is 0.500. The SMILES string of the molecule is COc1ccc2c(=O)c(Oc3ccc(C(=O)Nc4ccccc4C)cc3)coc2c1. The molecule has 0 radical (unpaired) electrons. The van der Waals surface area contributed by atoms with Crippen molar-refractivity contribution >= 4 is 22.6 Å².